The van der Waals surface area contributed by atoms with Crippen LogP contribution in [0.5, 0.6) is 5.75 Å². The Hall–Kier alpha value is -0.580. The van der Waals surface area contributed by atoms with Crippen LogP contribution >= 0.6 is 56.8 Å². The van der Waals surface area contributed by atoms with Crippen molar-refractivity contribution in [3.05, 3.63) is 59.7 Å². The van der Waals surface area contributed by atoms with Crippen LogP contribution in [0.1, 0.15) is 11.1 Å². The third-order valence-corrected chi connectivity index (χ3v) is 6.04. The van der Waals surface area contributed by atoms with Crippen LogP contribution in [-0.2, 0) is 6.54 Å². The molecule has 0 atom stereocenters. The summed E-state index contributed by atoms with van der Waals surface area (Å²) >= 11 is 10.6. The third kappa shape index (κ3) is 5.21. The van der Waals surface area contributed by atoms with Gasteiger partial charge in [0, 0.05) is 17.7 Å². The summed E-state index contributed by atoms with van der Waals surface area (Å²) in [6.07, 6.45) is 1.70. The highest BCUT2D eigenvalue weighted by molar-refractivity contribution is 14.1. The molecule has 3 rings (SSSR count). The van der Waals surface area contributed by atoms with Gasteiger partial charge >= 0.3 is 0 Å². The van der Waals surface area contributed by atoms with Crippen LogP contribution in [0.3, 0.4) is 0 Å². The molecule has 1 aliphatic rings. The van der Waals surface area contributed by atoms with Gasteiger partial charge in [0.1, 0.15) is 6.54 Å². The molecule has 0 aliphatic carbocycles. The first kappa shape index (κ1) is 19.2. The van der Waals surface area contributed by atoms with Gasteiger partial charge in [0.05, 0.1) is 32.4 Å². The van der Waals surface area contributed by atoms with Crippen molar-refractivity contribution in [2.45, 2.75) is 6.54 Å². The van der Waals surface area contributed by atoms with Crippen molar-refractivity contribution in [1.29, 1.82) is 0 Å². The predicted molar refractivity (Wildman–Crippen MR) is 116 cm³/mol. The first-order chi connectivity index (χ1) is 12.0. The predicted octanol–water partition coefficient (Wildman–Crippen LogP) is 2.36. The zero-order chi connectivity index (χ0) is 17.8. The van der Waals surface area contributed by atoms with Crippen molar-refractivity contribution in [2.75, 3.05) is 26.2 Å². The number of nitrogens with zero attached hydrogens (tertiary/aromatic N) is 2. The molecule has 0 spiro atoms. The van der Waals surface area contributed by atoms with E-state index in [4.69, 9.17) is 11.6 Å². The highest BCUT2D eigenvalue weighted by Crippen LogP contribution is 2.23. The molecule has 1 saturated heterocycles. The van der Waals surface area contributed by atoms with Crippen molar-refractivity contribution in [3.8, 4) is 5.75 Å². The van der Waals surface area contributed by atoms with Crippen molar-refractivity contribution >= 4 is 63.0 Å². The zero-order valence-electron chi connectivity index (χ0n) is 13.5. The maximum atomic E-state index is 12.1. The van der Waals surface area contributed by atoms with Gasteiger partial charge in [-0.3, -0.25) is 5.01 Å². The quantitative estimate of drug-likeness (QED) is 0.445. The number of benzene rings is 2. The Morgan fingerprint density at radius 2 is 1.92 bits per heavy atom. The SMILES string of the molecule is [O-]c1c(I)cc(I)cc1C=NN1CC[NH+](Cc2ccccc2Cl)CC1. The van der Waals surface area contributed by atoms with E-state index in [1.807, 2.05) is 35.3 Å². The van der Waals surface area contributed by atoms with Crippen LogP contribution in [0.2, 0.25) is 5.02 Å². The fourth-order valence-corrected chi connectivity index (χ4v) is 4.93. The molecule has 7 heteroatoms. The van der Waals surface area contributed by atoms with E-state index >= 15 is 0 Å². The number of halogens is 3. The molecule has 1 aliphatic heterocycles. The number of rotatable bonds is 4. The Labute approximate surface area is 180 Å². The molecular formula is C18H18ClI2N3O. The summed E-state index contributed by atoms with van der Waals surface area (Å²) in [5.74, 6) is 0.0488. The fraction of sp³-hybridized carbons (Fsp3) is 0.278. The van der Waals surface area contributed by atoms with Gasteiger partial charge in [0.25, 0.3) is 0 Å². The minimum Gasteiger partial charge on any atom is -0.871 e. The summed E-state index contributed by atoms with van der Waals surface area (Å²) in [6.45, 7) is 4.72. The van der Waals surface area contributed by atoms with Crippen LogP contribution in [0.25, 0.3) is 0 Å². The zero-order valence-corrected chi connectivity index (χ0v) is 18.6. The number of piperazine rings is 1. The summed E-state index contributed by atoms with van der Waals surface area (Å²) in [5.41, 5.74) is 1.85. The van der Waals surface area contributed by atoms with E-state index in [2.05, 4.69) is 56.3 Å². The number of hydrazone groups is 1. The maximum Gasteiger partial charge on any atom is 0.104 e. The summed E-state index contributed by atoms with van der Waals surface area (Å²) < 4.78 is 1.79. The van der Waals surface area contributed by atoms with Crippen LogP contribution in [0.15, 0.2) is 41.5 Å². The van der Waals surface area contributed by atoms with E-state index in [0.29, 0.717) is 5.56 Å². The van der Waals surface area contributed by atoms with Crippen LogP contribution in [0, 0.1) is 7.14 Å². The van der Waals surface area contributed by atoms with E-state index in [-0.39, 0.29) is 5.75 Å². The Morgan fingerprint density at radius 3 is 2.64 bits per heavy atom. The van der Waals surface area contributed by atoms with E-state index in [9.17, 15) is 5.11 Å². The molecule has 2 aromatic carbocycles. The average Bonchev–Trinajstić information content (AvgIpc) is 2.60. The molecular weight excluding hydrogens is 563 g/mol. The van der Waals surface area contributed by atoms with E-state index < -0.39 is 0 Å². The summed E-state index contributed by atoms with van der Waals surface area (Å²) in [5, 5.41) is 19.5. The van der Waals surface area contributed by atoms with Gasteiger partial charge in [-0.05, 0) is 68.9 Å². The highest BCUT2D eigenvalue weighted by atomic mass is 127. The normalized spacial score (nSPS) is 15.9. The third-order valence-electron chi connectivity index (χ3n) is 4.24. The summed E-state index contributed by atoms with van der Waals surface area (Å²) in [7, 11) is 0. The second-order valence-corrected chi connectivity index (χ2v) is 8.84. The molecule has 1 fully saturated rings. The molecule has 2 aromatic rings. The average molecular weight is 582 g/mol. The monoisotopic (exact) mass is 581 g/mol. The number of quaternary nitrogens is 1. The number of hydrogen-bond donors (Lipinski definition) is 1. The van der Waals surface area contributed by atoms with Gasteiger partial charge in [-0.1, -0.05) is 35.5 Å². The first-order valence-electron chi connectivity index (χ1n) is 8.05. The minimum absolute atomic E-state index is 0.0488. The van der Waals surface area contributed by atoms with Crippen molar-refractivity contribution in [3.63, 3.8) is 0 Å². The lowest BCUT2D eigenvalue weighted by molar-refractivity contribution is -0.918. The Bertz CT molecular complexity index is 777. The smallest absolute Gasteiger partial charge is 0.104 e. The van der Waals surface area contributed by atoms with E-state index in [1.165, 1.54) is 10.5 Å². The highest BCUT2D eigenvalue weighted by Gasteiger charge is 2.19. The molecule has 0 amide bonds. The molecule has 0 saturated carbocycles. The second kappa shape index (κ2) is 8.88. The molecule has 0 radical (unpaired) electrons. The molecule has 1 heterocycles. The lowest BCUT2D eigenvalue weighted by atomic mass is 10.2. The first-order valence-corrected chi connectivity index (χ1v) is 10.6. The Kier molecular flexibility index (Phi) is 6.81. The van der Waals surface area contributed by atoms with Crippen molar-refractivity contribution in [2.24, 2.45) is 5.10 Å². The van der Waals surface area contributed by atoms with Crippen LogP contribution in [-0.4, -0.2) is 37.4 Å². The fourth-order valence-electron chi connectivity index (χ4n) is 2.83. The van der Waals surface area contributed by atoms with Gasteiger partial charge in [0.2, 0.25) is 0 Å². The minimum atomic E-state index is 0.0488. The van der Waals surface area contributed by atoms with Crippen molar-refractivity contribution in [1.82, 2.24) is 5.01 Å². The molecule has 0 unspecified atom stereocenters. The molecule has 0 aromatic heterocycles. The van der Waals surface area contributed by atoms with Gasteiger partial charge in [-0.2, -0.15) is 5.10 Å². The lowest BCUT2D eigenvalue weighted by Gasteiger charge is -2.30. The largest absolute Gasteiger partial charge is 0.871 e. The number of nitrogens with one attached hydrogen (secondary N) is 1. The summed E-state index contributed by atoms with van der Waals surface area (Å²) in [6, 6.07) is 11.8. The topological polar surface area (TPSA) is 43.1 Å². The lowest BCUT2D eigenvalue weighted by Crippen LogP contribution is -3.13. The maximum absolute atomic E-state index is 12.1. The van der Waals surface area contributed by atoms with E-state index in [0.717, 1.165) is 44.9 Å². The Balaban J connectivity index is 1.57. The van der Waals surface area contributed by atoms with E-state index in [1.54, 1.807) is 6.21 Å². The van der Waals surface area contributed by atoms with Gasteiger partial charge in [-0.25, -0.2) is 0 Å². The van der Waals surface area contributed by atoms with Crippen LogP contribution < -0.4 is 10.0 Å². The molecule has 25 heavy (non-hydrogen) atoms. The van der Waals surface area contributed by atoms with Gasteiger partial charge in [0.15, 0.2) is 0 Å². The van der Waals surface area contributed by atoms with Gasteiger partial charge < -0.3 is 10.0 Å². The standard InChI is InChI=1S/C18H18ClI2N3O/c19-16-4-2-1-3-13(16)12-23-5-7-24(8-6-23)22-11-14-9-15(20)10-17(21)18(14)25/h1-4,9-11,25H,5-8,12H2. The second-order valence-electron chi connectivity index (χ2n) is 6.02. The molecule has 4 nitrogen and oxygen atoms in total. The molecule has 132 valence electrons. The van der Waals surface area contributed by atoms with Crippen LogP contribution in [0.4, 0.5) is 0 Å². The van der Waals surface area contributed by atoms with Crippen molar-refractivity contribution < 1.29 is 10.0 Å². The molecule has 0 bridgehead atoms. The Morgan fingerprint density at radius 1 is 1.20 bits per heavy atom. The molecule has 1 N–H and O–H groups in total. The number of hydrogen-bond acceptors (Lipinski definition) is 3. The summed E-state index contributed by atoms with van der Waals surface area (Å²) in [4.78, 5) is 1.51. The van der Waals surface area contributed by atoms with Gasteiger partial charge in [-0.15, -0.1) is 0 Å².